The van der Waals surface area contributed by atoms with Gasteiger partial charge < -0.3 is 9.80 Å². The first-order valence-corrected chi connectivity index (χ1v) is 2.83. The first kappa shape index (κ1) is 4.01. The van der Waals surface area contributed by atoms with E-state index in [1.54, 1.807) is 0 Å². The monoisotopic (exact) mass is 108 g/mol. The molecule has 3 aliphatic heterocycles. The summed E-state index contributed by atoms with van der Waals surface area (Å²) in [6.07, 6.45) is 8.35. The van der Waals surface area contributed by atoms with Crippen LogP contribution in [0.3, 0.4) is 0 Å². The van der Waals surface area contributed by atoms with Gasteiger partial charge in [0.15, 0.2) is 0 Å². The van der Waals surface area contributed by atoms with Crippen LogP contribution in [-0.4, -0.2) is 22.9 Å². The fourth-order valence-corrected chi connectivity index (χ4v) is 0.971. The Kier molecular flexibility index (Phi) is 0.640. The van der Waals surface area contributed by atoms with Gasteiger partial charge in [0.1, 0.15) is 0 Å². The van der Waals surface area contributed by atoms with Gasteiger partial charge in [-0.25, -0.2) is 0 Å². The third kappa shape index (κ3) is 0.427. The maximum absolute atomic E-state index is 2.18. The Morgan fingerprint density at radius 3 is 1.25 bits per heavy atom. The summed E-state index contributed by atoms with van der Waals surface area (Å²) in [4.78, 5) is 4.36. The zero-order valence-corrected chi connectivity index (χ0v) is 4.62. The smallest absolute Gasteiger partial charge is 0.0400 e. The highest BCUT2D eigenvalue weighted by Crippen LogP contribution is 2.09. The van der Waals surface area contributed by atoms with Gasteiger partial charge in [0.2, 0.25) is 0 Å². The van der Waals surface area contributed by atoms with Gasteiger partial charge in [-0.05, 0) is 0 Å². The average Bonchev–Trinajstić information content (AvgIpc) is 1.92. The van der Waals surface area contributed by atoms with Crippen molar-refractivity contribution in [2.24, 2.45) is 0 Å². The van der Waals surface area contributed by atoms with E-state index in [-0.39, 0.29) is 0 Å². The summed E-state index contributed by atoms with van der Waals surface area (Å²) in [5.41, 5.74) is 0. The maximum atomic E-state index is 2.18. The second-order valence-corrected chi connectivity index (χ2v) is 2.07. The number of nitrogens with zero attached hydrogens (tertiary/aromatic N) is 2. The second kappa shape index (κ2) is 1.28. The van der Waals surface area contributed by atoms with Gasteiger partial charge in [0.05, 0.1) is 0 Å². The van der Waals surface area contributed by atoms with Crippen LogP contribution in [0.5, 0.6) is 0 Å². The van der Waals surface area contributed by atoms with Crippen molar-refractivity contribution in [2.45, 2.75) is 0 Å². The standard InChI is InChI=1S/C6H8N2/c1-2-8-5-3-7(1)4-6-8/h1-3,5H,4,6H2. The van der Waals surface area contributed by atoms with E-state index in [4.69, 9.17) is 0 Å². The quantitative estimate of drug-likeness (QED) is 0.447. The first-order valence-electron chi connectivity index (χ1n) is 2.83. The van der Waals surface area contributed by atoms with Gasteiger partial charge in [-0.1, -0.05) is 0 Å². The van der Waals surface area contributed by atoms with E-state index in [2.05, 4.69) is 34.6 Å². The molecule has 0 unspecified atom stereocenters. The first-order chi connectivity index (χ1) is 3.95. The van der Waals surface area contributed by atoms with Crippen LogP contribution in [-0.2, 0) is 0 Å². The van der Waals surface area contributed by atoms with E-state index in [0.29, 0.717) is 0 Å². The van der Waals surface area contributed by atoms with Crippen LogP contribution in [0.2, 0.25) is 0 Å². The van der Waals surface area contributed by atoms with Crippen LogP contribution in [0.4, 0.5) is 0 Å². The van der Waals surface area contributed by atoms with Crippen molar-refractivity contribution in [3.8, 4) is 0 Å². The Morgan fingerprint density at radius 1 is 0.750 bits per heavy atom. The minimum Gasteiger partial charge on any atom is -0.350 e. The molecule has 2 heteroatoms. The Labute approximate surface area is 48.7 Å². The highest BCUT2D eigenvalue weighted by molar-refractivity contribution is 5.05. The van der Waals surface area contributed by atoms with E-state index in [1.807, 2.05) is 0 Å². The van der Waals surface area contributed by atoms with E-state index < -0.39 is 0 Å². The highest BCUT2D eigenvalue weighted by atomic mass is 15.2. The predicted molar refractivity (Wildman–Crippen MR) is 31.7 cm³/mol. The van der Waals surface area contributed by atoms with Gasteiger partial charge >= 0.3 is 0 Å². The molecule has 0 aromatic heterocycles. The van der Waals surface area contributed by atoms with Gasteiger partial charge in [0.25, 0.3) is 0 Å². The average molecular weight is 108 g/mol. The summed E-state index contributed by atoms with van der Waals surface area (Å²) in [6, 6.07) is 0. The van der Waals surface area contributed by atoms with Gasteiger partial charge in [0, 0.05) is 37.9 Å². The molecule has 0 spiro atoms. The summed E-state index contributed by atoms with van der Waals surface area (Å²) < 4.78 is 0. The molecule has 2 nitrogen and oxygen atoms in total. The molecule has 0 aromatic carbocycles. The Hall–Kier alpha value is -0.920. The third-order valence-electron chi connectivity index (χ3n) is 1.52. The molecule has 0 aromatic rings. The third-order valence-corrected chi connectivity index (χ3v) is 1.52. The molecule has 0 aliphatic carbocycles. The molecule has 0 fully saturated rings. The van der Waals surface area contributed by atoms with Gasteiger partial charge in [-0.3, -0.25) is 0 Å². The van der Waals surface area contributed by atoms with Crippen molar-refractivity contribution < 1.29 is 0 Å². The minimum absolute atomic E-state index is 1.15. The van der Waals surface area contributed by atoms with Crippen LogP contribution >= 0.6 is 0 Å². The fourth-order valence-electron chi connectivity index (χ4n) is 0.971. The number of hydrogen-bond acceptors (Lipinski definition) is 2. The Morgan fingerprint density at radius 2 is 1.12 bits per heavy atom. The van der Waals surface area contributed by atoms with E-state index >= 15 is 0 Å². The fraction of sp³-hybridized carbons (Fsp3) is 0.333. The van der Waals surface area contributed by atoms with Crippen molar-refractivity contribution in [1.29, 1.82) is 0 Å². The normalized spacial score (nSPS) is 23.0. The molecule has 2 bridgehead atoms. The van der Waals surface area contributed by atoms with Crippen LogP contribution in [0.15, 0.2) is 24.8 Å². The van der Waals surface area contributed by atoms with Crippen molar-refractivity contribution in [1.82, 2.24) is 9.80 Å². The summed E-state index contributed by atoms with van der Waals surface area (Å²) >= 11 is 0. The summed E-state index contributed by atoms with van der Waals surface area (Å²) in [5, 5.41) is 0. The molecular weight excluding hydrogens is 100 g/mol. The lowest BCUT2D eigenvalue weighted by Gasteiger charge is -2.31. The molecule has 0 radical (unpaired) electrons. The van der Waals surface area contributed by atoms with Gasteiger partial charge in [-0.2, -0.15) is 0 Å². The Balaban J connectivity index is 2.31. The molecule has 0 amide bonds. The zero-order valence-electron chi connectivity index (χ0n) is 4.62. The highest BCUT2D eigenvalue weighted by Gasteiger charge is 2.09. The number of fused-ring (bicyclic) bond motifs is 1. The molecule has 8 heavy (non-hydrogen) atoms. The SMILES string of the molecule is C1=CN2C=CN1CC2. The summed E-state index contributed by atoms with van der Waals surface area (Å²) in [7, 11) is 0. The van der Waals surface area contributed by atoms with Crippen molar-refractivity contribution in [2.75, 3.05) is 13.1 Å². The maximum Gasteiger partial charge on any atom is 0.0400 e. The lowest BCUT2D eigenvalue weighted by Crippen LogP contribution is -2.33. The second-order valence-electron chi connectivity index (χ2n) is 2.07. The minimum atomic E-state index is 1.15. The zero-order chi connectivity index (χ0) is 5.40. The lowest BCUT2D eigenvalue weighted by atomic mass is 10.4. The largest absolute Gasteiger partial charge is 0.350 e. The summed E-state index contributed by atoms with van der Waals surface area (Å²) in [6.45, 7) is 2.29. The molecule has 3 rings (SSSR count). The van der Waals surface area contributed by atoms with Crippen LogP contribution in [0, 0.1) is 0 Å². The lowest BCUT2D eigenvalue weighted by molar-refractivity contribution is 0.330. The van der Waals surface area contributed by atoms with Crippen LogP contribution in [0.25, 0.3) is 0 Å². The molecule has 0 N–H and O–H groups in total. The van der Waals surface area contributed by atoms with Gasteiger partial charge in [-0.15, -0.1) is 0 Å². The van der Waals surface area contributed by atoms with Crippen molar-refractivity contribution in [3.05, 3.63) is 24.8 Å². The van der Waals surface area contributed by atoms with E-state index in [1.165, 1.54) is 0 Å². The number of rotatable bonds is 0. The topological polar surface area (TPSA) is 6.48 Å². The molecule has 3 heterocycles. The molecule has 0 saturated heterocycles. The molecule has 0 saturated carbocycles. The predicted octanol–water partition coefficient (Wildman–Crippen LogP) is 0.560. The van der Waals surface area contributed by atoms with Crippen molar-refractivity contribution >= 4 is 0 Å². The van der Waals surface area contributed by atoms with Crippen LogP contribution in [0.1, 0.15) is 0 Å². The molecule has 3 aliphatic rings. The molecule has 0 atom stereocenters. The summed E-state index contributed by atoms with van der Waals surface area (Å²) in [5.74, 6) is 0. The number of hydrogen-bond donors (Lipinski definition) is 0. The van der Waals surface area contributed by atoms with Crippen molar-refractivity contribution in [3.63, 3.8) is 0 Å². The molecule has 42 valence electrons. The van der Waals surface area contributed by atoms with Crippen LogP contribution < -0.4 is 0 Å². The molecular formula is C6H8N2. The van der Waals surface area contributed by atoms with E-state index in [9.17, 15) is 0 Å². The van der Waals surface area contributed by atoms with E-state index in [0.717, 1.165) is 13.1 Å². The Bertz CT molecular complexity index is 119.